The number of thiophene rings is 2. The number of hydrogen-bond donors (Lipinski definition) is 2. The first kappa shape index (κ1) is 20.8. The van der Waals surface area contributed by atoms with Crippen molar-refractivity contribution >= 4 is 40.1 Å². The van der Waals surface area contributed by atoms with Gasteiger partial charge in [0, 0.05) is 50.3 Å². The summed E-state index contributed by atoms with van der Waals surface area (Å²) in [5.41, 5.74) is 3.37. The van der Waals surface area contributed by atoms with E-state index in [1.807, 2.05) is 35.9 Å². The Kier molecular flexibility index (Phi) is 5.53. The molecule has 0 saturated heterocycles. The van der Waals surface area contributed by atoms with Crippen LogP contribution in [0.5, 0.6) is 0 Å². The van der Waals surface area contributed by atoms with Gasteiger partial charge < -0.3 is 10.6 Å². The zero-order valence-electron chi connectivity index (χ0n) is 17.4. The molecule has 1 aliphatic heterocycles. The van der Waals surface area contributed by atoms with Gasteiger partial charge in [-0.1, -0.05) is 12.1 Å². The van der Waals surface area contributed by atoms with E-state index < -0.39 is 5.92 Å². The Balaban J connectivity index is 1.52. The van der Waals surface area contributed by atoms with Crippen molar-refractivity contribution in [2.24, 2.45) is 0 Å². The van der Waals surface area contributed by atoms with E-state index in [2.05, 4.69) is 16.7 Å². The summed E-state index contributed by atoms with van der Waals surface area (Å²) in [6, 6.07) is 13.7. The van der Waals surface area contributed by atoms with E-state index in [-0.39, 0.29) is 23.4 Å². The van der Waals surface area contributed by atoms with E-state index in [4.69, 9.17) is 0 Å². The maximum Gasteiger partial charge on any atom is 0.254 e. The lowest BCUT2D eigenvalue weighted by Gasteiger charge is -2.36. The van der Waals surface area contributed by atoms with Crippen LogP contribution in [0.15, 0.2) is 81.8 Å². The van der Waals surface area contributed by atoms with E-state index in [0.717, 1.165) is 22.7 Å². The number of anilines is 1. The van der Waals surface area contributed by atoms with Gasteiger partial charge in [0.25, 0.3) is 5.91 Å². The van der Waals surface area contributed by atoms with Crippen LogP contribution >= 0.6 is 22.7 Å². The lowest BCUT2D eigenvalue weighted by atomic mass is 9.74. The highest BCUT2D eigenvalue weighted by Crippen LogP contribution is 2.47. The first-order valence-corrected chi connectivity index (χ1v) is 12.1. The average Bonchev–Trinajstić information content (AvgIpc) is 3.48. The van der Waals surface area contributed by atoms with Crippen molar-refractivity contribution in [2.45, 2.75) is 31.6 Å². The van der Waals surface area contributed by atoms with Gasteiger partial charge in [0.05, 0.1) is 5.92 Å². The van der Waals surface area contributed by atoms with Crippen LogP contribution in [0, 0.1) is 5.82 Å². The molecule has 3 aromatic rings. The second kappa shape index (κ2) is 8.48. The first-order chi connectivity index (χ1) is 15.5. The van der Waals surface area contributed by atoms with Gasteiger partial charge in [0.2, 0.25) is 0 Å². The fourth-order valence-corrected chi connectivity index (χ4v) is 6.21. The molecule has 162 valence electrons. The molecule has 2 aliphatic rings. The minimum atomic E-state index is -0.413. The van der Waals surface area contributed by atoms with Gasteiger partial charge in [-0.15, -0.1) is 22.7 Å². The molecule has 3 heterocycles. The number of allylic oxidation sites excluding steroid dienone is 3. The summed E-state index contributed by atoms with van der Waals surface area (Å²) in [7, 11) is 0. The van der Waals surface area contributed by atoms with Crippen LogP contribution in [-0.2, 0) is 9.59 Å². The van der Waals surface area contributed by atoms with E-state index >= 15 is 0 Å². The van der Waals surface area contributed by atoms with Crippen molar-refractivity contribution in [1.29, 1.82) is 0 Å². The third-order valence-electron chi connectivity index (χ3n) is 5.95. The molecule has 0 spiro atoms. The number of amides is 1. The number of ketones is 1. The van der Waals surface area contributed by atoms with Crippen molar-refractivity contribution in [1.82, 2.24) is 5.32 Å². The third-order valence-corrected chi connectivity index (χ3v) is 7.92. The summed E-state index contributed by atoms with van der Waals surface area (Å²) >= 11 is 3.22. The van der Waals surface area contributed by atoms with Gasteiger partial charge in [-0.2, -0.15) is 0 Å². The van der Waals surface area contributed by atoms with Crippen molar-refractivity contribution in [2.75, 3.05) is 5.32 Å². The Morgan fingerprint density at radius 3 is 2.38 bits per heavy atom. The number of hydrogen-bond acceptors (Lipinski definition) is 5. The highest BCUT2D eigenvalue weighted by molar-refractivity contribution is 7.10. The maximum atomic E-state index is 13.4. The molecule has 1 aromatic carbocycles. The summed E-state index contributed by atoms with van der Waals surface area (Å²) in [4.78, 5) is 29.0. The largest absolute Gasteiger partial charge is 0.362 e. The molecular formula is C25H21FN2O2S2. The molecule has 2 atom stereocenters. The Morgan fingerprint density at radius 2 is 1.72 bits per heavy atom. The number of carbonyl (C=O) groups excluding carboxylic acids is 2. The molecule has 0 radical (unpaired) electrons. The summed E-state index contributed by atoms with van der Waals surface area (Å²) in [6.45, 7) is 1.88. The molecule has 0 bridgehead atoms. The van der Waals surface area contributed by atoms with Crippen molar-refractivity contribution in [3.63, 3.8) is 0 Å². The van der Waals surface area contributed by atoms with Gasteiger partial charge in [0.15, 0.2) is 5.78 Å². The van der Waals surface area contributed by atoms with Gasteiger partial charge in [-0.3, -0.25) is 9.59 Å². The first-order valence-electron chi connectivity index (χ1n) is 10.4. The molecule has 0 fully saturated rings. The molecule has 0 unspecified atom stereocenters. The molecule has 32 heavy (non-hydrogen) atoms. The summed E-state index contributed by atoms with van der Waals surface area (Å²) < 4.78 is 13.3. The van der Waals surface area contributed by atoms with Crippen LogP contribution in [0.1, 0.15) is 41.4 Å². The monoisotopic (exact) mass is 464 g/mol. The number of carbonyl (C=O) groups is 2. The smallest absolute Gasteiger partial charge is 0.254 e. The standard InChI is InChI=1S/C25H21FN2O2S2/c1-14-22(25(30)28-17-8-6-16(26)7-9-17)24(21-5-3-11-32-21)23-18(27-14)12-15(13-19(23)29)20-4-2-10-31-20/h2-11,15,24,27H,12-13H2,1H3,(H,28,30)/t15-,24+/m0/s1. The predicted molar refractivity (Wildman–Crippen MR) is 126 cm³/mol. The van der Waals surface area contributed by atoms with Crippen LogP contribution in [0.25, 0.3) is 0 Å². The normalized spacial score (nSPS) is 20.8. The Bertz CT molecular complexity index is 1230. The van der Waals surface area contributed by atoms with Crippen LogP contribution in [0.3, 0.4) is 0 Å². The zero-order valence-corrected chi connectivity index (χ0v) is 19.0. The van der Waals surface area contributed by atoms with Crippen LogP contribution in [0.4, 0.5) is 10.1 Å². The van der Waals surface area contributed by atoms with Gasteiger partial charge in [0.1, 0.15) is 5.82 Å². The van der Waals surface area contributed by atoms with E-state index in [9.17, 15) is 14.0 Å². The predicted octanol–water partition coefficient (Wildman–Crippen LogP) is 5.95. The molecule has 1 aliphatic carbocycles. The zero-order chi connectivity index (χ0) is 22.2. The third kappa shape index (κ3) is 3.82. The van der Waals surface area contributed by atoms with Crippen LogP contribution < -0.4 is 10.6 Å². The topological polar surface area (TPSA) is 58.2 Å². The second-order valence-electron chi connectivity index (χ2n) is 8.01. The lowest BCUT2D eigenvalue weighted by molar-refractivity contribution is -0.116. The van der Waals surface area contributed by atoms with E-state index in [1.165, 1.54) is 29.1 Å². The molecular weight excluding hydrogens is 443 g/mol. The number of halogens is 1. The fourth-order valence-electron chi connectivity index (χ4n) is 4.54. The minimum Gasteiger partial charge on any atom is -0.362 e. The Hall–Kier alpha value is -3.03. The minimum absolute atomic E-state index is 0.0788. The highest BCUT2D eigenvalue weighted by atomic mass is 32.1. The van der Waals surface area contributed by atoms with Crippen LogP contribution in [0.2, 0.25) is 0 Å². The quantitative estimate of drug-likeness (QED) is 0.502. The molecule has 0 saturated carbocycles. The number of rotatable bonds is 4. The van der Waals surface area contributed by atoms with E-state index in [0.29, 0.717) is 23.3 Å². The van der Waals surface area contributed by atoms with Gasteiger partial charge in [-0.05, 0) is 60.5 Å². The summed E-state index contributed by atoms with van der Waals surface area (Å²) in [5, 5.41) is 10.3. The Labute approximate surface area is 193 Å². The molecule has 2 aromatic heterocycles. The Morgan fingerprint density at radius 1 is 1.03 bits per heavy atom. The van der Waals surface area contributed by atoms with Crippen molar-refractivity contribution in [3.05, 3.63) is 97.4 Å². The second-order valence-corrected chi connectivity index (χ2v) is 9.97. The van der Waals surface area contributed by atoms with Gasteiger partial charge in [-0.25, -0.2) is 4.39 Å². The van der Waals surface area contributed by atoms with Crippen molar-refractivity contribution in [3.8, 4) is 0 Å². The summed E-state index contributed by atoms with van der Waals surface area (Å²) in [5.74, 6) is -0.837. The number of Topliss-reactive ketones (excluding diaryl/α,β-unsaturated/α-hetero) is 1. The van der Waals surface area contributed by atoms with Crippen molar-refractivity contribution < 1.29 is 14.0 Å². The number of dihydropyridines is 1. The molecule has 5 rings (SSSR count). The average molecular weight is 465 g/mol. The van der Waals surface area contributed by atoms with Gasteiger partial charge >= 0.3 is 0 Å². The SMILES string of the molecule is CC1=C(C(=O)Nc2ccc(F)cc2)[C@@H](c2cccs2)C2=C(C[C@H](c3cccs3)CC2=O)N1. The van der Waals surface area contributed by atoms with Crippen LogP contribution in [-0.4, -0.2) is 11.7 Å². The molecule has 7 heteroatoms. The highest BCUT2D eigenvalue weighted by Gasteiger charge is 2.41. The summed E-state index contributed by atoms with van der Waals surface area (Å²) in [6.07, 6.45) is 1.18. The molecule has 4 nitrogen and oxygen atoms in total. The number of benzene rings is 1. The molecule has 2 N–H and O–H groups in total. The number of nitrogens with one attached hydrogen (secondary N) is 2. The lowest BCUT2D eigenvalue weighted by Crippen LogP contribution is -2.36. The maximum absolute atomic E-state index is 13.4. The molecule has 1 amide bonds. The fraction of sp³-hybridized carbons (Fsp3) is 0.200. The van der Waals surface area contributed by atoms with E-state index in [1.54, 1.807) is 22.7 Å².